The van der Waals surface area contributed by atoms with Crippen LogP contribution in [0.15, 0.2) is 23.7 Å². The second-order valence-electron chi connectivity index (χ2n) is 10.0. The number of nitrogens with zero attached hydrogens (tertiary/aromatic N) is 2. The molecule has 3 fully saturated rings. The highest BCUT2D eigenvalue weighted by molar-refractivity contribution is 6.55. The molecule has 0 aromatic heterocycles. The van der Waals surface area contributed by atoms with Gasteiger partial charge in [0.25, 0.3) is 0 Å². The molecule has 2 atom stereocenters. The number of carboxylic acids is 1. The first kappa shape index (κ1) is 23.5. The molecule has 0 aromatic rings. The Morgan fingerprint density at radius 1 is 1.13 bits per heavy atom. The first-order valence-corrected chi connectivity index (χ1v) is 11.2. The summed E-state index contributed by atoms with van der Waals surface area (Å²) in [6.45, 7) is 11.9. The normalized spacial score (nSPS) is 33.3. The van der Waals surface area contributed by atoms with Crippen molar-refractivity contribution in [2.24, 2.45) is 5.73 Å². The lowest BCUT2D eigenvalue weighted by molar-refractivity contribution is -0.141. The van der Waals surface area contributed by atoms with Crippen molar-refractivity contribution in [3.8, 4) is 0 Å². The fourth-order valence-electron chi connectivity index (χ4n) is 4.37. The van der Waals surface area contributed by atoms with Gasteiger partial charge in [0.1, 0.15) is 5.54 Å². The highest BCUT2D eigenvalue weighted by atomic mass is 16.7. The van der Waals surface area contributed by atoms with Crippen molar-refractivity contribution in [3.63, 3.8) is 0 Å². The first-order valence-electron chi connectivity index (χ1n) is 11.2. The average Bonchev–Trinajstić information content (AvgIpc) is 3.36. The third-order valence-corrected chi connectivity index (χ3v) is 7.22. The van der Waals surface area contributed by atoms with Crippen molar-refractivity contribution >= 4 is 13.1 Å². The van der Waals surface area contributed by atoms with Crippen LogP contribution in [0, 0.1) is 0 Å². The summed E-state index contributed by atoms with van der Waals surface area (Å²) in [7, 11) is 1.79. The lowest BCUT2D eigenvalue weighted by Crippen LogP contribution is -2.47. The van der Waals surface area contributed by atoms with E-state index >= 15 is 0 Å². The standard InChI is InChI=1S/C13H20BNO4.C9H18N2/c1-11(2)12(3,4)19-14(18-11)9-5-7-13(15,8-6-9)10(16)17;1-10-6-4-5-9(10)11-7-2-3-8-11/h5-7H,8,15H2,1-4H3,(H,16,17);9H,2-8H2,1H3/t;9-/m.0/s1. The molecule has 4 aliphatic rings. The molecule has 30 heavy (non-hydrogen) atoms. The van der Waals surface area contributed by atoms with E-state index < -0.39 is 29.8 Å². The number of allylic oxidation sites excluding steroid dienone is 2. The highest BCUT2D eigenvalue weighted by Crippen LogP contribution is 2.39. The molecule has 4 rings (SSSR count). The summed E-state index contributed by atoms with van der Waals surface area (Å²) in [5, 5.41) is 9.05. The SMILES string of the molecule is CC1(C)OB(C2=CCC(N)(C(=O)O)C=C2)OC1(C)C.CN1CCC[C@@H]1N1CCCC1. The van der Waals surface area contributed by atoms with E-state index in [1.165, 1.54) is 51.4 Å². The Bertz CT molecular complexity index is 686. The zero-order chi connectivity index (χ0) is 22.2. The minimum Gasteiger partial charge on any atom is -0.480 e. The van der Waals surface area contributed by atoms with E-state index in [0.717, 1.165) is 11.6 Å². The van der Waals surface area contributed by atoms with Crippen LogP contribution in [0.2, 0.25) is 0 Å². The number of aliphatic carboxylic acids is 1. The van der Waals surface area contributed by atoms with Crippen molar-refractivity contribution < 1.29 is 19.2 Å². The number of hydrogen-bond acceptors (Lipinski definition) is 6. The molecule has 8 heteroatoms. The topological polar surface area (TPSA) is 88.3 Å². The van der Waals surface area contributed by atoms with Gasteiger partial charge in [-0.05, 0) is 92.0 Å². The zero-order valence-corrected chi connectivity index (χ0v) is 19.2. The number of hydrogen-bond donors (Lipinski definition) is 2. The van der Waals surface area contributed by atoms with Crippen LogP contribution in [0.4, 0.5) is 0 Å². The fourth-order valence-corrected chi connectivity index (χ4v) is 4.37. The quantitative estimate of drug-likeness (QED) is 0.680. The van der Waals surface area contributed by atoms with Crippen molar-refractivity contribution in [1.29, 1.82) is 0 Å². The van der Waals surface area contributed by atoms with Crippen LogP contribution in [0.3, 0.4) is 0 Å². The molecule has 3 N–H and O–H groups in total. The molecule has 3 heterocycles. The van der Waals surface area contributed by atoms with Gasteiger partial charge < -0.3 is 20.1 Å². The average molecular weight is 419 g/mol. The minimum atomic E-state index is -1.33. The maximum Gasteiger partial charge on any atom is 0.494 e. The molecule has 3 aliphatic heterocycles. The summed E-state index contributed by atoms with van der Waals surface area (Å²) in [5.41, 5.74) is 4.44. The van der Waals surface area contributed by atoms with Crippen LogP contribution in [-0.2, 0) is 14.1 Å². The Hall–Kier alpha value is -1.19. The second kappa shape index (κ2) is 8.75. The van der Waals surface area contributed by atoms with E-state index in [-0.39, 0.29) is 6.42 Å². The maximum atomic E-state index is 11.0. The van der Waals surface area contributed by atoms with E-state index in [9.17, 15) is 4.79 Å². The number of carboxylic acid groups (broad SMARTS) is 1. The molecule has 168 valence electrons. The highest BCUT2D eigenvalue weighted by Gasteiger charge is 2.52. The lowest BCUT2D eigenvalue weighted by atomic mass is 9.73. The van der Waals surface area contributed by atoms with Crippen molar-refractivity contribution in [2.75, 3.05) is 26.7 Å². The van der Waals surface area contributed by atoms with E-state index in [4.69, 9.17) is 20.1 Å². The van der Waals surface area contributed by atoms with Crippen LogP contribution in [0.5, 0.6) is 0 Å². The van der Waals surface area contributed by atoms with Gasteiger partial charge in [-0.1, -0.05) is 18.2 Å². The molecule has 0 spiro atoms. The molecular formula is C22H38BN3O4. The number of nitrogens with two attached hydrogens (primary N) is 1. The molecule has 3 saturated heterocycles. The maximum absolute atomic E-state index is 11.0. The molecule has 0 amide bonds. The van der Waals surface area contributed by atoms with Gasteiger partial charge >= 0.3 is 13.1 Å². The Balaban J connectivity index is 0.000000196. The predicted molar refractivity (Wildman–Crippen MR) is 119 cm³/mol. The molecule has 0 radical (unpaired) electrons. The molecule has 0 bridgehead atoms. The lowest BCUT2D eigenvalue weighted by Gasteiger charge is -2.32. The number of carbonyl (C=O) groups is 1. The molecular weight excluding hydrogens is 381 g/mol. The van der Waals surface area contributed by atoms with Crippen LogP contribution in [-0.4, -0.2) is 77.6 Å². The van der Waals surface area contributed by atoms with Crippen LogP contribution in [0.1, 0.15) is 59.8 Å². The Morgan fingerprint density at radius 3 is 2.17 bits per heavy atom. The van der Waals surface area contributed by atoms with Gasteiger partial charge in [0.2, 0.25) is 0 Å². The summed E-state index contributed by atoms with van der Waals surface area (Å²) in [5.74, 6) is -1.03. The Morgan fingerprint density at radius 2 is 1.73 bits per heavy atom. The molecule has 7 nitrogen and oxygen atoms in total. The van der Waals surface area contributed by atoms with Gasteiger partial charge in [-0.25, -0.2) is 4.79 Å². The van der Waals surface area contributed by atoms with E-state index in [0.29, 0.717) is 0 Å². The van der Waals surface area contributed by atoms with Gasteiger partial charge in [-0.2, -0.15) is 0 Å². The second-order valence-corrected chi connectivity index (χ2v) is 10.0. The third kappa shape index (κ3) is 4.83. The molecule has 1 aliphatic carbocycles. The molecule has 0 aromatic carbocycles. The summed E-state index contributed by atoms with van der Waals surface area (Å²) in [6.07, 6.45) is 11.6. The summed E-state index contributed by atoms with van der Waals surface area (Å²) in [4.78, 5) is 16.2. The smallest absolute Gasteiger partial charge is 0.480 e. The van der Waals surface area contributed by atoms with Gasteiger partial charge in [-0.3, -0.25) is 9.80 Å². The summed E-state index contributed by atoms with van der Waals surface area (Å²) < 4.78 is 11.8. The summed E-state index contributed by atoms with van der Waals surface area (Å²) in [6, 6.07) is 0. The number of rotatable bonds is 3. The third-order valence-electron chi connectivity index (χ3n) is 7.22. The number of likely N-dealkylation sites (tertiary alicyclic amines) is 2. The van der Waals surface area contributed by atoms with Crippen LogP contribution >= 0.6 is 0 Å². The van der Waals surface area contributed by atoms with Crippen molar-refractivity contribution in [1.82, 2.24) is 9.80 Å². The zero-order valence-electron chi connectivity index (χ0n) is 19.2. The van der Waals surface area contributed by atoms with Crippen molar-refractivity contribution in [3.05, 3.63) is 23.7 Å². The van der Waals surface area contributed by atoms with Crippen LogP contribution in [0.25, 0.3) is 0 Å². The Kier molecular flexibility index (Phi) is 6.85. The van der Waals surface area contributed by atoms with Gasteiger partial charge in [-0.15, -0.1) is 0 Å². The first-order chi connectivity index (χ1) is 14.0. The van der Waals surface area contributed by atoms with Gasteiger partial charge in [0, 0.05) is 0 Å². The fraction of sp³-hybridized carbons (Fsp3) is 0.773. The minimum absolute atomic E-state index is 0.234. The van der Waals surface area contributed by atoms with E-state index in [1.807, 2.05) is 27.7 Å². The molecule has 0 saturated carbocycles. The van der Waals surface area contributed by atoms with Gasteiger partial charge in [0.15, 0.2) is 0 Å². The van der Waals surface area contributed by atoms with Crippen LogP contribution < -0.4 is 5.73 Å². The van der Waals surface area contributed by atoms with E-state index in [1.54, 1.807) is 12.2 Å². The monoisotopic (exact) mass is 419 g/mol. The molecule has 1 unspecified atom stereocenters. The Labute approximate surface area is 181 Å². The predicted octanol–water partition coefficient (Wildman–Crippen LogP) is 2.42. The van der Waals surface area contributed by atoms with Gasteiger partial charge in [0.05, 0.1) is 17.4 Å². The van der Waals surface area contributed by atoms with Crippen molar-refractivity contribution in [2.45, 2.75) is 82.7 Å². The summed E-state index contributed by atoms with van der Waals surface area (Å²) >= 11 is 0. The largest absolute Gasteiger partial charge is 0.494 e. The van der Waals surface area contributed by atoms with E-state index in [2.05, 4.69) is 16.8 Å².